The van der Waals surface area contributed by atoms with Crippen LogP contribution in [0.25, 0.3) is 0 Å². The number of nitrogens with one attached hydrogen (secondary N) is 1. The fraction of sp³-hybridized carbons (Fsp3) is 0.618. The molecule has 3 N–H and O–H groups in total. The molecule has 0 radical (unpaired) electrons. The third kappa shape index (κ3) is 45.7. The van der Waals surface area contributed by atoms with E-state index in [0.29, 0.717) is 6.42 Å². The molecule has 0 aliphatic carbocycles. The van der Waals surface area contributed by atoms with Gasteiger partial charge in [0.25, 0.3) is 0 Å². The number of aliphatic hydroxyl groups excluding tert-OH is 2. The number of hydrogen-bond acceptors (Lipinski definition) is 3. The van der Waals surface area contributed by atoms with Crippen LogP contribution in [0.3, 0.4) is 0 Å². The Kier molecular flexibility index (Phi) is 46.5. The first-order chi connectivity index (χ1) is 29.2. The second kappa shape index (κ2) is 49.2. The SMILES string of the molecule is CC/C=C\C/C=C\C/C=C\C/C=C\C/C=C\C/C=C\C/C=C\C/C=C\C/C=C\CCCCCC(=O)NC(CO)C(O)/C=C/CCCCCCCCCCCCCCCC. The molecule has 2 unspecified atom stereocenters. The molecule has 4 heteroatoms. The molecule has 2 atom stereocenters. The lowest BCUT2D eigenvalue weighted by atomic mass is 10.0. The van der Waals surface area contributed by atoms with Crippen molar-refractivity contribution in [2.24, 2.45) is 0 Å². The third-order valence-electron chi connectivity index (χ3n) is 10.2. The smallest absolute Gasteiger partial charge is 0.220 e. The molecule has 0 heterocycles. The normalized spacial score (nSPS) is 14.0. The van der Waals surface area contributed by atoms with Crippen molar-refractivity contribution >= 4 is 5.91 Å². The Morgan fingerprint density at radius 2 is 0.746 bits per heavy atom. The summed E-state index contributed by atoms with van der Waals surface area (Å²) in [6, 6.07) is -0.649. The van der Waals surface area contributed by atoms with Crippen molar-refractivity contribution in [3.8, 4) is 0 Å². The van der Waals surface area contributed by atoms with Gasteiger partial charge in [-0.3, -0.25) is 4.79 Å². The molecule has 0 saturated carbocycles. The van der Waals surface area contributed by atoms with Gasteiger partial charge in [0.1, 0.15) is 0 Å². The van der Waals surface area contributed by atoms with Gasteiger partial charge in [0.15, 0.2) is 0 Å². The Balaban J connectivity index is 3.73. The number of unbranched alkanes of at least 4 members (excludes halogenated alkanes) is 17. The second-order valence-corrected chi connectivity index (χ2v) is 15.8. The van der Waals surface area contributed by atoms with E-state index in [2.05, 4.69) is 129 Å². The summed E-state index contributed by atoms with van der Waals surface area (Å²) in [6.07, 6.45) is 76.0. The number of hydrogen-bond donors (Lipinski definition) is 3. The molecule has 0 aliphatic rings. The van der Waals surface area contributed by atoms with E-state index < -0.39 is 12.1 Å². The fourth-order valence-electron chi connectivity index (χ4n) is 6.52. The molecule has 0 aliphatic heterocycles. The molecular weight excluding hydrogens is 723 g/mol. The summed E-state index contributed by atoms with van der Waals surface area (Å²) >= 11 is 0. The topological polar surface area (TPSA) is 69.6 Å². The summed E-state index contributed by atoms with van der Waals surface area (Å²) in [4.78, 5) is 12.4. The van der Waals surface area contributed by atoms with E-state index in [0.717, 1.165) is 96.3 Å². The van der Waals surface area contributed by atoms with E-state index in [4.69, 9.17) is 0 Å². The van der Waals surface area contributed by atoms with E-state index in [-0.39, 0.29) is 12.5 Å². The van der Waals surface area contributed by atoms with E-state index in [1.807, 2.05) is 6.08 Å². The highest BCUT2D eigenvalue weighted by Crippen LogP contribution is 2.14. The first-order valence-corrected chi connectivity index (χ1v) is 24.2. The van der Waals surface area contributed by atoms with Gasteiger partial charge in [-0.25, -0.2) is 0 Å². The fourth-order valence-corrected chi connectivity index (χ4v) is 6.52. The Morgan fingerprint density at radius 3 is 1.12 bits per heavy atom. The first kappa shape index (κ1) is 55.8. The number of aliphatic hydroxyl groups is 2. The minimum atomic E-state index is -0.862. The van der Waals surface area contributed by atoms with Gasteiger partial charge >= 0.3 is 0 Å². The Hall–Kier alpha value is -3.21. The van der Waals surface area contributed by atoms with Crippen LogP contribution in [0.2, 0.25) is 0 Å². The summed E-state index contributed by atoms with van der Waals surface area (Å²) in [5, 5.41) is 23.0. The van der Waals surface area contributed by atoms with Crippen LogP contribution >= 0.6 is 0 Å². The average molecular weight is 814 g/mol. The van der Waals surface area contributed by atoms with Crippen LogP contribution in [0.15, 0.2) is 122 Å². The standard InChI is InChI=1S/C55H91NO3/c1-3-5-7-9-11-13-15-17-19-21-22-23-24-25-26-27-28-29-30-31-32-33-34-35-37-39-41-43-45-47-49-51-55(59)56-53(52-57)54(58)50-48-46-44-42-40-38-36-20-18-16-14-12-10-8-6-4-2/h5,7,11,13,17,19,22-23,25-26,28-29,31-32,34-35,39,41,48,50,53-54,57-58H,3-4,6,8-10,12,14-16,18,20-21,24,27,30,33,36-38,40,42-47,49,51-52H2,1-2H3,(H,56,59)/b7-5-,13-11-,19-17-,23-22-,26-25-,29-28-,32-31-,35-34-,41-39-,50-48+. The molecule has 0 saturated heterocycles. The minimum Gasteiger partial charge on any atom is -0.394 e. The Bertz CT molecular complexity index is 1200. The molecule has 0 aromatic rings. The predicted molar refractivity (Wildman–Crippen MR) is 262 cm³/mol. The van der Waals surface area contributed by atoms with Crippen LogP contribution in [0.4, 0.5) is 0 Å². The minimum absolute atomic E-state index is 0.101. The van der Waals surface area contributed by atoms with E-state index in [9.17, 15) is 15.0 Å². The van der Waals surface area contributed by atoms with Crippen LogP contribution in [0.5, 0.6) is 0 Å². The summed E-state index contributed by atoms with van der Waals surface area (Å²) in [6.45, 7) is 4.17. The van der Waals surface area contributed by atoms with Gasteiger partial charge in [0.05, 0.1) is 18.8 Å². The van der Waals surface area contributed by atoms with E-state index >= 15 is 0 Å². The highest BCUT2D eigenvalue weighted by atomic mass is 16.3. The van der Waals surface area contributed by atoms with Gasteiger partial charge in [-0.1, -0.05) is 225 Å². The number of carbonyl (C=O) groups is 1. The first-order valence-electron chi connectivity index (χ1n) is 24.2. The van der Waals surface area contributed by atoms with Crippen molar-refractivity contribution in [2.75, 3.05) is 6.61 Å². The van der Waals surface area contributed by atoms with Gasteiger partial charge in [-0.15, -0.1) is 0 Å². The highest BCUT2D eigenvalue weighted by molar-refractivity contribution is 5.76. The molecule has 0 spiro atoms. The lowest BCUT2D eigenvalue weighted by Gasteiger charge is -2.19. The Labute approximate surface area is 365 Å². The number of carbonyl (C=O) groups excluding carboxylic acids is 1. The summed E-state index contributed by atoms with van der Waals surface area (Å²) < 4.78 is 0. The zero-order valence-corrected chi connectivity index (χ0v) is 38.2. The second-order valence-electron chi connectivity index (χ2n) is 15.8. The maximum absolute atomic E-state index is 12.4. The zero-order chi connectivity index (χ0) is 42.8. The molecule has 59 heavy (non-hydrogen) atoms. The van der Waals surface area contributed by atoms with E-state index in [1.165, 1.54) is 83.5 Å². The Morgan fingerprint density at radius 1 is 0.424 bits per heavy atom. The maximum Gasteiger partial charge on any atom is 0.220 e. The summed E-state index contributed by atoms with van der Waals surface area (Å²) in [7, 11) is 0. The van der Waals surface area contributed by atoms with Crippen molar-refractivity contribution in [2.45, 2.75) is 212 Å². The van der Waals surface area contributed by atoms with Gasteiger partial charge in [0, 0.05) is 6.42 Å². The van der Waals surface area contributed by atoms with Gasteiger partial charge in [-0.2, -0.15) is 0 Å². The van der Waals surface area contributed by atoms with Crippen molar-refractivity contribution in [1.82, 2.24) is 5.32 Å². The summed E-state index contributed by atoms with van der Waals surface area (Å²) in [5.74, 6) is -0.101. The van der Waals surface area contributed by atoms with Crippen molar-refractivity contribution in [1.29, 1.82) is 0 Å². The highest BCUT2D eigenvalue weighted by Gasteiger charge is 2.17. The van der Waals surface area contributed by atoms with Crippen LogP contribution in [-0.2, 0) is 4.79 Å². The van der Waals surface area contributed by atoms with Crippen LogP contribution in [-0.4, -0.2) is 34.9 Å². The average Bonchev–Trinajstić information content (AvgIpc) is 3.24. The summed E-state index contributed by atoms with van der Waals surface area (Å²) in [5.41, 5.74) is 0. The molecule has 0 fully saturated rings. The largest absolute Gasteiger partial charge is 0.394 e. The van der Waals surface area contributed by atoms with Gasteiger partial charge < -0.3 is 15.5 Å². The van der Waals surface area contributed by atoms with Crippen molar-refractivity contribution < 1.29 is 15.0 Å². The molecule has 334 valence electrons. The molecule has 0 aromatic heterocycles. The molecule has 0 aromatic carbocycles. The van der Waals surface area contributed by atoms with E-state index in [1.54, 1.807) is 6.08 Å². The van der Waals surface area contributed by atoms with Gasteiger partial charge in [0.2, 0.25) is 5.91 Å². The zero-order valence-electron chi connectivity index (χ0n) is 38.2. The van der Waals surface area contributed by atoms with Gasteiger partial charge in [-0.05, 0) is 89.9 Å². The van der Waals surface area contributed by atoms with Crippen LogP contribution < -0.4 is 5.32 Å². The van der Waals surface area contributed by atoms with Crippen LogP contribution in [0, 0.1) is 0 Å². The number of allylic oxidation sites excluding steroid dienone is 19. The monoisotopic (exact) mass is 814 g/mol. The quantitative estimate of drug-likeness (QED) is 0.0425. The lowest BCUT2D eigenvalue weighted by Crippen LogP contribution is -2.45. The molecule has 0 rings (SSSR count). The third-order valence-corrected chi connectivity index (χ3v) is 10.2. The molecule has 0 bridgehead atoms. The van der Waals surface area contributed by atoms with Crippen molar-refractivity contribution in [3.63, 3.8) is 0 Å². The number of rotatable bonds is 42. The predicted octanol–water partition coefficient (Wildman–Crippen LogP) is 15.7. The molecular formula is C55H91NO3. The van der Waals surface area contributed by atoms with Crippen molar-refractivity contribution in [3.05, 3.63) is 122 Å². The molecule has 4 nitrogen and oxygen atoms in total. The number of amides is 1. The molecule has 1 amide bonds. The maximum atomic E-state index is 12.4. The lowest BCUT2D eigenvalue weighted by molar-refractivity contribution is -0.123. The van der Waals surface area contributed by atoms with Crippen LogP contribution in [0.1, 0.15) is 200 Å².